The maximum atomic E-state index is 13.1. The van der Waals surface area contributed by atoms with Crippen LogP contribution in [0.15, 0.2) is 83.8 Å². The Hall–Kier alpha value is -3.91. The van der Waals surface area contributed by atoms with Crippen molar-refractivity contribution in [3.05, 3.63) is 78.9 Å². The molecule has 3 aromatic carbocycles. The van der Waals surface area contributed by atoms with E-state index in [1.165, 1.54) is 0 Å². The fourth-order valence-electron chi connectivity index (χ4n) is 4.03. The number of nitrogens with one attached hydrogen (secondary N) is 2. The molecular weight excluding hydrogens is 446 g/mol. The molecule has 34 heavy (non-hydrogen) atoms. The van der Waals surface area contributed by atoms with Gasteiger partial charge < -0.3 is 10.2 Å². The number of aromatic nitrogens is 3. The second-order valence-corrected chi connectivity index (χ2v) is 8.89. The van der Waals surface area contributed by atoms with Gasteiger partial charge in [-0.3, -0.25) is 14.7 Å². The van der Waals surface area contributed by atoms with Crippen LogP contribution in [0.4, 0.5) is 11.4 Å². The van der Waals surface area contributed by atoms with Crippen LogP contribution in [-0.2, 0) is 9.59 Å². The topological polar surface area (TPSA) is 91.0 Å². The molecule has 2 heterocycles. The summed E-state index contributed by atoms with van der Waals surface area (Å²) in [5, 5.41) is 10.3. The highest BCUT2D eigenvalue weighted by atomic mass is 32.2. The second-order valence-electron chi connectivity index (χ2n) is 8.01. The van der Waals surface area contributed by atoms with Crippen molar-refractivity contribution in [2.24, 2.45) is 5.92 Å². The first-order valence-electron chi connectivity index (χ1n) is 10.9. The van der Waals surface area contributed by atoms with Gasteiger partial charge in [0.05, 0.1) is 11.6 Å². The smallest absolute Gasteiger partial charge is 0.229 e. The molecule has 5 rings (SSSR count). The number of thioether (sulfide) groups is 1. The van der Waals surface area contributed by atoms with Crippen molar-refractivity contribution in [2.75, 3.05) is 23.0 Å². The molecule has 2 amide bonds. The number of hydrogen-bond donors (Lipinski definition) is 2. The second kappa shape index (κ2) is 9.52. The van der Waals surface area contributed by atoms with Crippen molar-refractivity contribution in [3.63, 3.8) is 0 Å². The zero-order valence-corrected chi connectivity index (χ0v) is 19.4. The highest BCUT2D eigenvalue weighted by Gasteiger charge is 2.35. The molecule has 4 aromatic rings. The number of nitrogens with zero attached hydrogens (tertiary/aromatic N) is 3. The Labute approximate surface area is 201 Å². The van der Waals surface area contributed by atoms with Crippen molar-refractivity contribution in [2.45, 2.75) is 11.3 Å². The van der Waals surface area contributed by atoms with Crippen LogP contribution < -0.4 is 10.2 Å². The Morgan fingerprint density at radius 3 is 2.53 bits per heavy atom. The van der Waals surface area contributed by atoms with Crippen LogP contribution in [0.3, 0.4) is 0 Å². The molecule has 0 saturated carbocycles. The third-order valence-corrected chi connectivity index (χ3v) is 6.58. The lowest BCUT2D eigenvalue weighted by atomic mass is 10.1. The lowest BCUT2D eigenvalue weighted by Gasteiger charge is -2.17. The van der Waals surface area contributed by atoms with E-state index in [4.69, 9.17) is 0 Å². The Morgan fingerprint density at radius 1 is 1.03 bits per heavy atom. The van der Waals surface area contributed by atoms with Crippen LogP contribution in [0.2, 0.25) is 0 Å². The number of H-pyrrole nitrogens is 1. The quantitative estimate of drug-likeness (QED) is 0.394. The van der Waals surface area contributed by atoms with E-state index >= 15 is 0 Å². The van der Waals surface area contributed by atoms with E-state index in [-0.39, 0.29) is 18.2 Å². The van der Waals surface area contributed by atoms with E-state index in [0.29, 0.717) is 23.9 Å². The standard InChI is InChI=1S/C26H23N5O2S/c1-34-20-13-11-19(12-14-20)31-16-18(15-23(31)32)26(33)27-22-10-6-5-9-21(22)25-28-24(29-30-25)17-7-3-2-4-8-17/h2-14,18H,15-16H2,1H3,(H,27,33)(H,28,29,30). The van der Waals surface area contributed by atoms with Gasteiger partial charge in [-0.05, 0) is 42.7 Å². The fourth-order valence-corrected chi connectivity index (χ4v) is 4.44. The third kappa shape index (κ3) is 4.45. The van der Waals surface area contributed by atoms with Crippen molar-refractivity contribution >= 4 is 35.0 Å². The first-order valence-corrected chi connectivity index (χ1v) is 12.2. The average Bonchev–Trinajstić information content (AvgIpc) is 3.52. The predicted octanol–water partition coefficient (Wildman–Crippen LogP) is 4.85. The lowest BCUT2D eigenvalue weighted by molar-refractivity contribution is -0.122. The zero-order valence-electron chi connectivity index (χ0n) is 18.6. The molecule has 0 bridgehead atoms. The van der Waals surface area contributed by atoms with Gasteiger partial charge in [0.1, 0.15) is 0 Å². The molecule has 0 aliphatic carbocycles. The van der Waals surface area contributed by atoms with Crippen molar-refractivity contribution < 1.29 is 9.59 Å². The van der Waals surface area contributed by atoms with Crippen LogP contribution in [0.5, 0.6) is 0 Å². The van der Waals surface area contributed by atoms with Crippen LogP contribution >= 0.6 is 11.8 Å². The summed E-state index contributed by atoms with van der Waals surface area (Å²) >= 11 is 1.65. The average molecular weight is 470 g/mol. The van der Waals surface area contributed by atoms with E-state index < -0.39 is 5.92 Å². The summed E-state index contributed by atoms with van der Waals surface area (Å²) in [6, 6.07) is 25.0. The predicted molar refractivity (Wildman–Crippen MR) is 135 cm³/mol. The van der Waals surface area contributed by atoms with E-state index in [1.54, 1.807) is 16.7 Å². The van der Waals surface area contributed by atoms with Gasteiger partial charge >= 0.3 is 0 Å². The summed E-state index contributed by atoms with van der Waals surface area (Å²) in [6.45, 7) is 0.353. The fraction of sp³-hybridized carbons (Fsp3) is 0.154. The lowest BCUT2D eigenvalue weighted by Crippen LogP contribution is -2.28. The first kappa shape index (κ1) is 21.9. The summed E-state index contributed by atoms with van der Waals surface area (Å²) in [5.41, 5.74) is 3.08. The zero-order chi connectivity index (χ0) is 23.5. The molecule has 170 valence electrons. The first-order chi connectivity index (χ1) is 16.6. The largest absolute Gasteiger partial charge is 0.325 e. The molecular formula is C26H23N5O2S. The highest BCUT2D eigenvalue weighted by molar-refractivity contribution is 7.98. The summed E-state index contributed by atoms with van der Waals surface area (Å²) in [4.78, 5) is 33.2. The molecule has 1 aliphatic rings. The molecule has 2 N–H and O–H groups in total. The Morgan fingerprint density at radius 2 is 1.76 bits per heavy atom. The molecule has 0 radical (unpaired) electrons. The van der Waals surface area contributed by atoms with Gasteiger partial charge in [0.25, 0.3) is 0 Å². The van der Waals surface area contributed by atoms with E-state index in [9.17, 15) is 9.59 Å². The van der Waals surface area contributed by atoms with E-state index in [1.807, 2.05) is 85.1 Å². The summed E-state index contributed by atoms with van der Waals surface area (Å²) in [6.07, 6.45) is 2.19. The van der Waals surface area contributed by atoms with Gasteiger partial charge in [-0.25, -0.2) is 4.98 Å². The van der Waals surface area contributed by atoms with Crippen molar-refractivity contribution in [1.29, 1.82) is 0 Å². The van der Waals surface area contributed by atoms with Gasteiger partial charge in [0.15, 0.2) is 11.6 Å². The van der Waals surface area contributed by atoms with Crippen molar-refractivity contribution in [3.8, 4) is 22.8 Å². The summed E-state index contributed by atoms with van der Waals surface area (Å²) < 4.78 is 0. The molecule has 1 saturated heterocycles. The summed E-state index contributed by atoms with van der Waals surface area (Å²) in [5.74, 6) is 0.476. The maximum absolute atomic E-state index is 13.1. The Kier molecular flexibility index (Phi) is 6.14. The van der Waals surface area contributed by atoms with E-state index in [2.05, 4.69) is 20.5 Å². The number of rotatable bonds is 6. The van der Waals surface area contributed by atoms with E-state index in [0.717, 1.165) is 21.7 Å². The number of benzene rings is 3. The molecule has 1 atom stereocenters. The number of carbonyl (C=O) groups is 2. The molecule has 1 aliphatic heterocycles. The number of aromatic amines is 1. The minimum Gasteiger partial charge on any atom is -0.325 e. The number of para-hydroxylation sites is 1. The monoisotopic (exact) mass is 469 g/mol. The summed E-state index contributed by atoms with van der Waals surface area (Å²) in [7, 11) is 0. The molecule has 0 spiro atoms. The van der Waals surface area contributed by atoms with Gasteiger partial charge in [0, 0.05) is 34.7 Å². The molecule has 1 unspecified atom stereocenters. The molecule has 1 aromatic heterocycles. The molecule has 8 heteroatoms. The third-order valence-electron chi connectivity index (χ3n) is 5.84. The maximum Gasteiger partial charge on any atom is 0.229 e. The van der Waals surface area contributed by atoms with Gasteiger partial charge in [-0.2, -0.15) is 5.10 Å². The Balaban J connectivity index is 1.32. The highest BCUT2D eigenvalue weighted by Crippen LogP contribution is 2.30. The number of anilines is 2. The van der Waals surface area contributed by atoms with Crippen LogP contribution in [0.1, 0.15) is 6.42 Å². The van der Waals surface area contributed by atoms with Crippen LogP contribution in [-0.4, -0.2) is 39.8 Å². The van der Waals surface area contributed by atoms with Gasteiger partial charge in [-0.15, -0.1) is 11.8 Å². The van der Waals surface area contributed by atoms with Gasteiger partial charge in [-0.1, -0.05) is 42.5 Å². The minimum absolute atomic E-state index is 0.0481. The van der Waals surface area contributed by atoms with Crippen LogP contribution in [0.25, 0.3) is 22.8 Å². The normalized spacial score (nSPS) is 15.5. The molecule has 7 nitrogen and oxygen atoms in total. The number of carbonyl (C=O) groups excluding carboxylic acids is 2. The van der Waals surface area contributed by atoms with Crippen LogP contribution in [0, 0.1) is 5.92 Å². The van der Waals surface area contributed by atoms with Gasteiger partial charge in [0.2, 0.25) is 11.8 Å². The minimum atomic E-state index is -0.435. The Bertz CT molecular complexity index is 1320. The molecule has 1 fully saturated rings. The number of hydrogen-bond acceptors (Lipinski definition) is 5. The SMILES string of the molecule is CSc1ccc(N2CC(C(=O)Nc3ccccc3-c3nc(-c4ccccc4)n[nH]3)CC2=O)cc1. The number of amides is 2. The van der Waals surface area contributed by atoms with Crippen molar-refractivity contribution in [1.82, 2.24) is 15.2 Å².